The molecule has 0 atom stereocenters. The molecule has 0 aliphatic heterocycles. The first kappa shape index (κ1) is 21.2. The smallest absolute Gasteiger partial charge is 0.272 e. The molecule has 2 aromatic carbocycles. The van der Waals surface area contributed by atoms with Gasteiger partial charge >= 0.3 is 0 Å². The van der Waals surface area contributed by atoms with E-state index >= 15 is 0 Å². The maximum atomic E-state index is 12.6. The molecule has 28 heavy (non-hydrogen) atoms. The van der Waals surface area contributed by atoms with Crippen LogP contribution < -0.4 is 15.4 Å². The van der Waals surface area contributed by atoms with E-state index in [1.807, 2.05) is 42.5 Å². The van der Waals surface area contributed by atoms with Gasteiger partial charge in [0.15, 0.2) is 0 Å². The fraction of sp³-hybridized carbons (Fsp3) is 0.304. The van der Waals surface area contributed by atoms with Crippen molar-refractivity contribution in [2.45, 2.75) is 39.5 Å². The Hall–Kier alpha value is -3.08. The average molecular weight is 380 g/mol. The van der Waals surface area contributed by atoms with E-state index in [4.69, 9.17) is 4.74 Å². The summed E-state index contributed by atoms with van der Waals surface area (Å²) >= 11 is 0. The van der Waals surface area contributed by atoms with Gasteiger partial charge < -0.3 is 15.4 Å². The van der Waals surface area contributed by atoms with Crippen LogP contribution in [0, 0.1) is 0 Å². The second-order valence-corrected chi connectivity index (χ2v) is 6.54. The zero-order valence-electron chi connectivity index (χ0n) is 16.5. The van der Waals surface area contributed by atoms with Crippen LogP contribution in [0.5, 0.6) is 5.75 Å². The number of rotatable bonds is 10. The Morgan fingerprint density at radius 3 is 2.32 bits per heavy atom. The van der Waals surface area contributed by atoms with E-state index < -0.39 is 0 Å². The van der Waals surface area contributed by atoms with E-state index in [0.29, 0.717) is 12.3 Å². The predicted molar refractivity (Wildman–Crippen MR) is 113 cm³/mol. The van der Waals surface area contributed by atoms with Crippen molar-refractivity contribution in [1.82, 2.24) is 5.32 Å². The second-order valence-electron chi connectivity index (χ2n) is 6.54. The lowest BCUT2D eigenvalue weighted by molar-refractivity contribution is -0.120. The Morgan fingerprint density at radius 2 is 1.68 bits per heavy atom. The summed E-state index contributed by atoms with van der Waals surface area (Å²) in [5.74, 6) is 0.0906. The number of carbonyl (C=O) groups is 2. The third-order valence-corrected chi connectivity index (χ3v) is 4.04. The van der Waals surface area contributed by atoms with Crippen molar-refractivity contribution in [3.63, 3.8) is 0 Å². The number of nitrogens with one attached hydrogen (secondary N) is 2. The Labute approximate surface area is 166 Å². The molecule has 0 aromatic heterocycles. The third-order valence-electron chi connectivity index (χ3n) is 4.04. The summed E-state index contributed by atoms with van der Waals surface area (Å²) in [5.41, 5.74) is 1.65. The second kappa shape index (κ2) is 11.6. The molecule has 0 fully saturated rings. The maximum Gasteiger partial charge on any atom is 0.272 e. The van der Waals surface area contributed by atoms with Gasteiger partial charge in [0.1, 0.15) is 11.4 Å². The number of carbonyl (C=O) groups excluding carboxylic acids is 2. The minimum Gasteiger partial charge on any atom is -0.494 e. The molecule has 0 saturated carbocycles. The molecule has 5 nitrogen and oxygen atoms in total. The van der Waals surface area contributed by atoms with Gasteiger partial charge in [0.25, 0.3) is 5.91 Å². The molecule has 0 spiro atoms. The Kier molecular flexibility index (Phi) is 8.79. The molecule has 2 aromatic rings. The molecule has 2 N–H and O–H groups in total. The van der Waals surface area contributed by atoms with Crippen LogP contribution in [0.1, 0.15) is 45.1 Å². The van der Waals surface area contributed by atoms with Crippen molar-refractivity contribution in [3.05, 3.63) is 65.9 Å². The van der Waals surface area contributed by atoms with Crippen molar-refractivity contribution in [3.8, 4) is 5.75 Å². The van der Waals surface area contributed by atoms with Crippen LogP contribution in [-0.2, 0) is 9.59 Å². The van der Waals surface area contributed by atoms with E-state index in [0.717, 1.165) is 17.7 Å². The lowest BCUT2D eigenvalue weighted by Crippen LogP contribution is -2.28. The van der Waals surface area contributed by atoms with Crippen LogP contribution in [0.25, 0.3) is 6.08 Å². The van der Waals surface area contributed by atoms with Crippen molar-refractivity contribution in [2.24, 2.45) is 0 Å². The fourth-order valence-corrected chi connectivity index (χ4v) is 2.62. The summed E-state index contributed by atoms with van der Waals surface area (Å²) in [6.45, 7) is 4.25. The summed E-state index contributed by atoms with van der Waals surface area (Å²) < 4.78 is 5.71. The van der Waals surface area contributed by atoms with Gasteiger partial charge in [0.2, 0.25) is 5.91 Å². The predicted octanol–water partition coefficient (Wildman–Crippen LogP) is 4.76. The van der Waals surface area contributed by atoms with Crippen LogP contribution >= 0.6 is 0 Å². The third kappa shape index (κ3) is 7.66. The van der Waals surface area contributed by atoms with Gasteiger partial charge in [-0.05, 0) is 42.3 Å². The standard InChI is InChI=1S/C23H28N2O3/c1-3-4-5-9-16-28-21-14-12-20(13-15-21)25-23(27)22(24-18(2)26)17-19-10-7-6-8-11-19/h6-8,10-15,17H,3-5,9,16H2,1-2H3,(H,24,26)(H,25,27). The first-order chi connectivity index (χ1) is 13.6. The summed E-state index contributed by atoms with van der Waals surface area (Å²) in [4.78, 5) is 24.0. The number of hydrogen-bond donors (Lipinski definition) is 2. The highest BCUT2D eigenvalue weighted by Crippen LogP contribution is 2.17. The molecule has 5 heteroatoms. The molecule has 0 bridgehead atoms. The number of unbranched alkanes of at least 4 members (excludes halogenated alkanes) is 3. The molecule has 0 radical (unpaired) electrons. The maximum absolute atomic E-state index is 12.6. The van der Waals surface area contributed by atoms with E-state index in [-0.39, 0.29) is 17.5 Å². The molecule has 0 heterocycles. The van der Waals surface area contributed by atoms with E-state index in [9.17, 15) is 9.59 Å². The Morgan fingerprint density at radius 1 is 0.964 bits per heavy atom. The largest absolute Gasteiger partial charge is 0.494 e. The zero-order valence-corrected chi connectivity index (χ0v) is 16.5. The van der Waals surface area contributed by atoms with Gasteiger partial charge in [0.05, 0.1) is 6.61 Å². The molecule has 148 valence electrons. The van der Waals surface area contributed by atoms with Gasteiger partial charge in [-0.25, -0.2) is 0 Å². The van der Waals surface area contributed by atoms with Gasteiger partial charge in [-0.1, -0.05) is 56.5 Å². The lowest BCUT2D eigenvalue weighted by atomic mass is 10.2. The number of hydrogen-bond acceptors (Lipinski definition) is 3. The van der Waals surface area contributed by atoms with Crippen molar-refractivity contribution < 1.29 is 14.3 Å². The fourth-order valence-electron chi connectivity index (χ4n) is 2.62. The van der Waals surface area contributed by atoms with Crippen LogP contribution in [0.4, 0.5) is 5.69 Å². The molecule has 2 rings (SSSR count). The molecule has 0 unspecified atom stereocenters. The summed E-state index contributed by atoms with van der Waals surface area (Å²) in [7, 11) is 0. The first-order valence-electron chi connectivity index (χ1n) is 9.67. The minimum atomic E-state index is -0.382. The Bertz CT molecular complexity index is 783. The molecular weight excluding hydrogens is 352 g/mol. The van der Waals surface area contributed by atoms with Crippen molar-refractivity contribution >= 4 is 23.6 Å². The van der Waals surface area contributed by atoms with Crippen LogP contribution in [0.2, 0.25) is 0 Å². The van der Waals surface area contributed by atoms with Gasteiger partial charge in [0, 0.05) is 12.6 Å². The minimum absolute atomic E-state index is 0.190. The highest BCUT2D eigenvalue weighted by Gasteiger charge is 2.11. The normalized spacial score (nSPS) is 11.0. The topological polar surface area (TPSA) is 67.4 Å². The van der Waals surface area contributed by atoms with Gasteiger partial charge in [-0.3, -0.25) is 9.59 Å². The van der Waals surface area contributed by atoms with Crippen molar-refractivity contribution in [1.29, 1.82) is 0 Å². The van der Waals surface area contributed by atoms with E-state index in [2.05, 4.69) is 17.6 Å². The van der Waals surface area contributed by atoms with Crippen LogP contribution in [-0.4, -0.2) is 18.4 Å². The number of ether oxygens (including phenoxy) is 1. The van der Waals surface area contributed by atoms with Gasteiger partial charge in [-0.15, -0.1) is 0 Å². The SMILES string of the molecule is CCCCCCOc1ccc(NC(=O)C(=Cc2ccccc2)NC(C)=O)cc1. The van der Waals surface area contributed by atoms with Crippen LogP contribution in [0.3, 0.4) is 0 Å². The van der Waals surface area contributed by atoms with E-state index in [1.54, 1.807) is 18.2 Å². The summed E-state index contributed by atoms with van der Waals surface area (Å²) in [6.07, 6.45) is 6.28. The number of anilines is 1. The van der Waals surface area contributed by atoms with Crippen LogP contribution in [0.15, 0.2) is 60.3 Å². The quantitative estimate of drug-likeness (QED) is 0.461. The number of amides is 2. The molecule has 0 aliphatic carbocycles. The summed E-state index contributed by atoms with van der Waals surface area (Å²) in [6, 6.07) is 16.6. The van der Waals surface area contributed by atoms with E-state index in [1.165, 1.54) is 26.2 Å². The summed E-state index contributed by atoms with van der Waals surface area (Å²) in [5, 5.41) is 5.39. The Balaban J connectivity index is 1.97. The zero-order chi connectivity index (χ0) is 20.2. The first-order valence-corrected chi connectivity index (χ1v) is 9.67. The average Bonchev–Trinajstić information content (AvgIpc) is 2.69. The number of benzene rings is 2. The molecule has 2 amide bonds. The van der Waals surface area contributed by atoms with Crippen molar-refractivity contribution in [2.75, 3.05) is 11.9 Å². The molecular formula is C23H28N2O3. The van der Waals surface area contributed by atoms with Gasteiger partial charge in [-0.2, -0.15) is 0 Å². The lowest BCUT2D eigenvalue weighted by Gasteiger charge is -2.11. The highest BCUT2D eigenvalue weighted by molar-refractivity contribution is 6.08. The monoisotopic (exact) mass is 380 g/mol. The molecule has 0 aliphatic rings. The molecule has 0 saturated heterocycles. The highest BCUT2D eigenvalue weighted by atomic mass is 16.5.